The maximum atomic E-state index is 12.8. The Balaban J connectivity index is 1.41. The van der Waals surface area contributed by atoms with Crippen molar-refractivity contribution in [2.24, 2.45) is 0 Å². The third kappa shape index (κ3) is 3.32. The number of amides is 1. The lowest BCUT2D eigenvalue weighted by Crippen LogP contribution is -2.49. The molecule has 1 atom stereocenters. The van der Waals surface area contributed by atoms with Gasteiger partial charge in [-0.2, -0.15) is 0 Å². The molecule has 3 heterocycles. The van der Waals surface area contributed by atoms with Crippen LogP contribution in [0.15, 0.2) is 42.6 Å². The quantitative estimate of drug-likeness (QED) is 0.739. The molecular weight excluding hydrogens is 354 g/mol. The number of aromatic amines is 1. The van der Waals surface area contributed by atoms with E-state index >= 15 is 0 Å². The van der Waals surface area contributed by atoms with E-state index in [1.54, 1.807) is 11.3 Å². The van der Waals surface area contributed by atoms with Gasteiger partial charge in [0.25, 0.3) is 5.91 Å². The number of nitrogens with one attached hydrogen (secondary N) is 1. The SMILES string of the molecule is CC(c1ccc(Cl)s1)N1CCN(C(=O)c2ccc3cc[nH]c3c2)CC1. The van der Waals surface area contributed by atoms with Crippen molar-refractivity contribution in [3.05, 3.63) is 57.4 Å². The molecule has 0 bridgehead atoms. The first-order chi connectivity index (χ1) is 12.1. The standard InChI is InChI=1S/C19H20ClN3OS/c1-13(17-4-5-18(20)25-17)22-8-10-23(11-9-22)19(24)15-3-2-14-6-7-21-16(14)12-15/h2-7,12-13,21H,8-11H2,1H3. The molecule has 3 aromatic rings. The first-order valence-electron chi connectivity index (χ1n) is 8.47. The molecule has 0 aliphatic carbocycles. The number of thiophene rings is 1. The topological polar surface area (TPSA) is 39.3 Å². The van der Waals surface area contributed by atoms with Crippen molar-refractivity contribution in [3.63, 3.8) is 0 Å². The van der Waals surface area contributed by atoms with Gasteiger partial charge in [0.05, 0.1) is 4.34 Å². The summed E-state index contributed by atoms with van der Waals surface area (Å²) < 4.78 is 0.829. The molecule has 4 nitrogen and oxygen atoms in total. The number of carbonyl (C=O) groups excluding carboxylic acids is 1. The van der Waals surface area contributed by atoms with Crippen molar-refractivity contribution in [1.82, 2.24) is 14.8 Å². The summed E-state index contributed by atoms with van der Waals surface area (Å²) >= 11 is 7.69. The zero-order valence-corrected chi connectivity index (χ0v) is 15.6. The van der Waals surface area contributed by atoms with Crippen molar-refractivity contribution in [3.8, 4) is 0 Å². The normalized spacial score (nSPS) is 17.1. The zero-order valence-electron chi connectivity index (χ0n) is 14.0. The second kappa shape index (κ2) is 6.83. The second-order valence-corrected chi connectivity index (χ2v) is 8.17. The highest BCUT2D eigenvalue weighted by atomic mass is 35.5. The van der Waals surface area contributed by atoms with E-state index in [1.807, 2.05) is 41.4 Å². The van der Waals surface area contributed by atoms with Gasteiger partial charge in [0, 0.05) is 54.4 Å². The molecule has 0 radical (unpaired) electrons. The number of piperazine rings is 1. The number of hydrogen-bond donors (Lipinski definition) is 1. The van der Waals surface area contributed by atoms with Crippen LogP contribution in [0.3, 0.4) is 0 Å². The smallest absolute Gasteiger partial charge is 0.254 e. The van der Waals surface area contributed by atoms with Crippen molar-refractivity contribution < 1.29 is 4.79 Å². The van der Waals surface area contributed by atoms with Crippen LogP contribution in [0, 0.1) is 0 Å². The van der Waals surface area contributed by atoms with Gasteiger partial charge in [-0.05, 0) is 42.6 Å². The number of hydrogen-bond acceptors (Lipinski definition) is 3. The molecule has 1 amide bonds. The Morgan fingerprint density at radius 1 is 1.16 bits per heavy atom. The van der Waals surface area contributed by atoms with E-state index in [1.165, 1.54) is 4.88 Å². The highest BCUT2D eigenvalue weighted by Crippen LogP contribution is 2.30. The molecule has 0 saturated carbocycles. The van der Waals surface area contributed by atoms with Crippen LogP contribution in [0.2, 0.25) is 4.34 Å². The summed E-state index contributed by atoms with van der Waals surface area (Å²) in [5.41, 5.74) is 1.76. The van der Waals surface area contributed by atoms with Crippen LogP contribution in [-0.2, 0) is 0 Å². The van der Waals surface area contributed by atoms with Crippen LogP contribution < -0.4 is 0 Å². The lowest BCUT2D eigenvalue weighted by atomic mass is 10.1. The van der Waals surface area contributed by atoms with Gasteiger partial charge in [0.1, 0.15) is 0 Å². The molecule has 130 valence electrons. The van der Waals surface area contributed by atoms with E-state index in [-0.39, 0.29) is 5.91 Å². The molecule has 4 rings (SSSR count). The Morgan fingerprint density at radius 3 is 2.68 bits per heavy atom. The van der Waals surface area contributed by atoms with Gasteiger partial charge >= 0.3 is 0 Å². The number of rotatable bonds is 3. The Bertz CT molecular complexity index is 895. The van der Waals surface area contributed by atoms with Gasteiger partial charge in [0.2, 0.25) is 0 Å². The predicted octanol–water partition coefficient (Wildman–Crippen LogP) is 4.40. The molecule has 0 spiro atoms. The van der Waals surface area contributed by atoms with Crippen LogP contribution >= 0.6 is 22.9 Å². The fourth-order valence-corrected chi connectivity index (χ4v) is 4.56. The first kappa shape index (κ1) is 16.6. The Labute approximate surface area is 156 Å². The molecule has 1 aromatic carbocycles. The minimum atomic E-state index is 0.114. The summed E-state index contributed by atoms with van der Waals surface area (Å²) in [4.78, 5) is 21.6. The summed E-state index contributed by atoms with van der Waals surface area (Å²) in [5, 5.41) is 1.13. The summed E-state index contributed by atoms with van der Waals surface area (Å²) in [5.74, 6) is 0.114. The van der Waals surface area contributed by atoms with E-state index in [9.17, 15) is 4.79 Å². The highest BCUT2D eigenvalue weighted by molar-refractivity contribution is 7.16. The van der Waals surface area contributed by atoms with Gasteiger partial charge in [-0.15, -0.1) is 11.3 Å². The number of nitrogens with zero attached hydrogens (tertiary/aromatic N) is 2. The van der Waals surface area contributed by atoms with Crippen LogP contribution in [0.5, 0.6) is 0 Å². The van der Waals surface area contributed by atoms with Crippen molar-refractivity contribution in [1.29, 1.82) is 0 Å². The Hall–Kier alpha value is -1.82. The minimum absolute atomic E-state index is 0.114. The van der Waals surface area contributed by atoms with E-state index < -0.39 is 0 Å². The Morgan fingerprint density at radius 2 is 1.96 bits per heavy atom. The van der Waals surface area contributed by atoms with E-state index in [0.717, 1.165) is 47.0 Å². The lowest BCUT2D eigenvalue weighted by molar-refractivity contribution is 0.0585. The summed E-state index contributed by atoms with van der Waals surface area (Å²) in [7, 11) is 0. The van der Waals surface area contributed by atoms with Gasteiger partial charge in [-0.3, -0.25) is 9.69 Å². The van der Waals surface area contributed by atoms with Gasteiger partial charge in [-0.1, -0.05) is 17.7 Å². The molecule has 1 aliphatic heterocycles. The van der Waals surface area contributed by atoms with Crippen LogP contribution in [0.1, 0.15) is 28.2 Å². The van der Waals surface area contributed by atoms with Crippen molar-refractivity contribution in [2.45, 2.75) is 13.0 Å². The summed E-state index contributed by atoms with van der Waals surface area (Å²) in [6.45, 7) is 5.48. The third-order valence-corrected chi connectivity index (χ3v) is 6.36. The number of benzene rings is 1. The average Bonchev–Trinajstić information content (AvgIpc) is 3.28. The van der Waals surface area contributed by atoms with Crippen LogP contribution in [-0.4, -0.2) is 46.9 Å². The predicted molar refractivity (Wildman–Crippen MR) is 104 cm³/mol. The number of H-pyrrole nitrogens is 1. The highest BCUT2D eigenvalue weighted by Gasteiger charge is 2.26. The molecule has 2 aromatic heterocycles. The number of fused-ring (bicyclic) bond motifs is 1. The Kier molecular flexibility index (Phi) is 4.54. The van der Waals surface area contributed by atoms with E-state index in [4.69, 9.17) is 11.6 Å². The average molecular weight is 374 g/mol. The maximum Gasteiger partial charge on any atom is 0.254 e. The molecule has 1 unspecified atom stereocenters. The summed E-state index contributed by atoms with van der Waals surface area (Å²) in [6.07, 6.45) is 1.90. The first-order valence-corrected chi connectivity index (χ1v) is 9.67. The second-order valence-electron chi connectivity index (χ2n) is 6.43. The molecule has 1 N–H and O–H groups in total. The van der Waals surface area contributed by atoms with Crippen LogP contribution in [0.25, 0.3) is 10.9 Å². The molecule has 1 saturated heterocycles. The van der Waals surface area contributed by atoms with Gasteiger partial charge in [0.15, 0.2) is 0 Å². The van der Waals surface area contributed by atoms with Crippen molar-refractivity contribution >= 4 is 39.7 Å². The number of halogens is 1. The van der Waals surface area contributed by atoms with Gasteiger partial charge in [-0.25, -0.2) is 0 Å². The largest absolute Gasteiger partial charge is 0.361 e. The molecule has 1 fully saturated rings. The maximum absolute atomic E-state index is 12.8. The van der Waals surface area contributed by atoms with Gasteiger partial charge < -0.3 is 9.88 Å². The molecule has 6 heteroatoms. The summed E-state index contributed by atoms with van der Waals surface area (Å²) in [6, 6.07) is 12.3. The van der Waals surface area contributed by atoms with Crippen LogP contribution in [0.4, 0.5) is 0 Å². The lowest BCUT2D eigenvalue weighted by Gasteiger charge is -2.37. The molecule has 25 heavy (non-hydrogen) atoms. The molecular formula is C19H20ClN3OS. The van der Waals surface area contributed by atoms with E-state index in [0.29, 0.717) is 6.04 Å². The number of aromatic nitrogens is 1. The zero-order chi connectivity index (χ0) is 17.4. The fourth-order valence-electron chi connectivity index (χ4n) is 3.41. The number of carbonyl (C=O) groups is 1. The van der Waals surface area contributed by atoms with Crippen molar-refractivity contribution in [2.75, 3.05) is 26.2 Å². The minimum Gasteiger partial charge on any atom is -0.361 e. The third-order valence-electron chi connectivity index (χ3n) is 4.96. The fraction of sp³-hybridized carbons (Fsp3) is 0.316. The van der Waals surface area contributed by atoms with E-state index in [2.05, 4.69) is 22.9 Å². The molecule has 1 aliphatic rings. The monoisotopic (exact) mass is 373 g/mol.